The van der Waals surface area contributed by atoms with E-state index in [9.17, 15) is 14.0 Å². The van der Waals surface area contributed by atoms with Crippen LogP contribution in [0.4, 0.5) is 10.1 Å². The number of carbonyl (C=O) groups excluding carboxylic acids is 2. The number of aryl methyl sites for hydroxylation is 1. The monoisotopic (exact) mass is 437 g/mol. The number of nitrogens with one attached hydrogen (secondary N) is 1. The largest absolute Gasteiger partial charge is 0.361 e. The number of amides is 2. The predicted molar refractivity (Wildman–Crippen MR) is 123 cm³/mol. The molecule has 7 nitrogen and oxygen atoms in total. The van der Waals surface area contributed by atoms with Gasteiger partial charge in [0.15, 0.2) is 5.65 Å². The van der Waals surface area contributed by atoms with Gasteiger partial charge in [0.05, 0.1) is 16.8 Å². The number of hydrogen-bond donors (Lipinski definition) is 1. The van der Waals surface area contributed by atoms with E-state index in [-0.39, 0.29) is 11.1 Å². The van der Waals surface area contributed by atoms with Crippen molar-refractivity contribution in [1.82, 2.24) is 19.7 Å². The van der Waals surface area contributed by atoms with Gasteiger partial charge in [-0.3, -0.25) is 9.59 Å². The molecule has 4 heterocycles. The maximum atomic E-state index is 14.1. The highest BCUT2D eigenvalue weighted by molar-refractivity contribution is 6.58. The molecule has 0 bridgehead atoms. The number of rotatable bonds is 3. The fourth-order valence-corrected chi connectivity index (χ4v) is 4.39. The van der Waals surface area contributed by atoms with Gasteiger partial charge < -0.3 is 4.98 Å². The number of hydrogen-bond acceptors (Lipinski definition) is 4. The zero-order valence-corrected chi connectivity index (χ0v) is 17.4. The van der Waals surface area contributed by atoms with E-state index in [1.165, 1.54) is 12.1 Å². The van der Waals surface area contributed by atoms with Crippen LogP contribution in [-0.4, -0.2) is 31.6 Å². The summed E-state index contributed by atoms with van der Waals surface area (Å²) in [5, 5.41) is 5.71. The van der Waals surface area contributed by atoms with Crippen LogP contribution in [0.1, 0.15) is 11.3 Å². The molecule has 5 aromatic rings. The lowest BCUT2D eigenvalue weighted by Gasteiger charge is -2.14. The average molecular weight is 437 g/mol. The highest BCUT2D eigenvalue weighted by Crippen LogP contribution is 2.41. The molecule has 0 unspecified atom stereocenters. The number of anilines is 1. The minimum Gasteiger partial charge on any atom is -0.361 e. The molecule has 8 heteroatoms. The van der Waals surface area contributed by atoms with Crippen molar-refractivity contribution in [3.63, 3.8) is 0 Å². The first-order valence-electron chi connectivity index (χ1n) is 10.3. The number of H-pyrrole nitrogens is 1. The van der Waals surface area contributed by atoms with Crippen LogP contribution in [0.3, 0.4) is 0 Å². The molecule has 0 atom stereocenters. The molecular formula is C25H16FN5O2. The van der Waals surface area contributed by atoms with E-state index in [2.05, 4.69) is 15.1 Å². The summed E-state index contributed by atoms with van der Waals surface area (Å²) in [7, 11) is 1.73. The molecule has 0 radical (unpaired) electrons. The number of halogens is 1. The van der Waals surface area contributed by atoms with E-state index in [0.717, 1.165) is 4.90 Å². The first kappa shape index (κ1) is 19.1. The second kappa shape index (κ2) is 6.96. The fraction of sp³-hybridized carbons (Fsp3) is 0.0400. The van der Waals surface area contributed by atoms with Gasteiger partial charge in [-0.25, -0.2) is 19.0 Å². The normalized spacial score (nSPS) is 14.3. The van der Waals surface area contributed by atoms with Crippen molar-refractivity contribution in [1.29, 1.82) is 0 Å². The Labute approximate surface area is 186 Å². The Bertz CT molecular complexity index is 1630. The van der Waals surface area contributed by atoms with Gasteiger partial charge in [0.25, 0.3) is 11.8 Å². The molecule has 1 aliphatic rings. The predicted octanol–water partition coefficient (Wildman–Crippen LogP) is 4.07. The Balaban J connectivity index is 1.68. The van der Waals surface area contributed by atoms with Crippen LogP contribution >= 0.6 is 0 Å². The smallest absolute Gasteiger partial charge is 0.268 e. The molecule has 0 spiro atoms. The summed E-state index contributed by atoms with van der Waals surface area (Å²) in [4.78, 5) is 36.1. The summed E-state index contributed by atoms with van der Waals surface area (Å²) in [5.41, 5.74) is 2.82. The van der Waals surface area contributed by atoms with Crippen LogP contribution < -0.4 is 4.90 Å². The summed E-state index contributed by atoms with van der Waals surface area (Å²) in [6.07, 6.45) is 3.27. The molecule has 6 rings (SSSR count). The molecular weight excluding hydrogens is 421 g/mol. The molecule has 33 heavy (non-hydrogen) atoms. The zero-order valence-electron chi connectivity index (χ0n) is 17.4. The van der Waals surface area contributed by atoms with Crippen molar-refractivity contribution >= 4 is 50.6 Å². The minimum atomic E-state index is -0.492. The number of para-hydroxylation sites is 1. The molecule has 3 aromatic heterocycles. The van der Waals surface area contributed by atoms with Crippen LogP contribution in [0.2, 0.25) is 0 Å². The standard InChI is InChI=1S/C25H16FN5O2/c1-30-23-16(8-5-11-27-23)22(29-30)21-20(18-13-28-19-10-9-14(26)12-17(18)19)24(32)31(25(21)33)15-6-3-2-4-7-15/h2-13,28H,1H3. The van der Waals surface area contributed by atoms with Gasteiger partial charge in [0.2, 0.25) is 0 Å². The second-order valence-corrected chi connectivity index (χ2v) is 7.77. The lowest BCUT2D eigenvalue weighted by Crippen LogP contribution is -2.31. The molecule has 0 aliphatic carbocycles. The van der Waals surface area contributed by atoms with Gasteiger partial charge >= 0.3 is 0 Å². The first-order chi connectivity index (χ1) is 16.0. The Kier molecular flexibility index (Phi) is 4.03. The second-order valence-electron chi connectivity index (χ2n) is 7.77. The number of aromatic nitrogens is 4. The van der Waals surface area contributed by atoms with Gasteiger partial charge in [-0.1, -0.05) is 18.2 Å². The van der Waals surface area contributed by atoms with E-state index in [1.54, 1.807) is 60.5 Å². The average Bonchev–Trinajstić information content (AvgIpc) is 3.46. The first-order valence-corrected chi connectivity index (χ1v) is 10.3. The molecule has 2 amide bonds. The lowest BCUT2D eigenvalue weighted by molar-refractivity contribution is -0.119. The van der Waals surface area contributed by atoms with Crippen molar-refractivity contribution in [3.8, 4) is 0 Å². The minimum absolute atomic E-state index is 0.160. The topological polar surface area (TPSA) is 83.9 Å². The van der Waals surface area contributed by atoms with Gasteiger partial charge in [-0.15, -0.1) is 0 Å². The zero-order chi connectivity index (χ0) is 22.7. The third-order valence-corrected chi connectivity index (χ3v) is 5.85. The van der Waals surface area contributed by atoms with Gasteiger partial charge in [0, 0.05) is 41.3 Å². The molecule has 0 fully saturated rings. The maximum absolute atomic E-state index is 14.1. The third kappa shape index (κ3) is 2.74. The third-order valence-electron chi connectivity index (χ3n) is 5.85. The SMILES string of the molecule is Cn1nc(C2=C(c3c[nH]c4ccc(F)cc34)C(=O)N(c3ccccc3)C2=O)c2cccnc21. The molecule has 2 aromatic carbocycles. The molecule has 0 saturated heterocycles. The number of nitrogens with zero attached hydrogens (tertiary/aromatic N) is 4. The maximum Gasteiger partial charge on any atom is 0.268 e. The summed E-state index contributed by atoms with van der Waals surface area (Å²) in [6, 6.07) is 16.6. The molecule has 0 saturated carbocycles. The van der Waals surface area contributed by atoms with E-state index in [4.69, 9.17) is 0 Å². The highest BCUT2D eigenvalue weighted by atomic mass is 19.1. The van der Waals surface area contributed by atoms with E-state index >= 15 is 0 Å². The Morgan fingerprint density at radius 1 is 0.909 bits per heavy atom. The fourth-order valence-electron chi connectivity index (χ4n) is 4.39. The van der Waals surface area contributed by atoms with Crippen LogP contribution in [0.5, 0.6) is 0 Å². The van der Waals surface area contributed by atoms with Gasteiger partial charge in [-0.05, 0) is 42.5 Å². The number of aromatic amines is 1. The van der Waals surface area contributed by atoms with Crippen LogP contribution in [0.15, 0.2) is 73.1 Å². The van der Waals surface area contributed by atoms with E-state index in [1.807, 2.05) is 12.1 Å². The Hall–Kier alpha value is -4.59. The van der Waals surface area contributed by atoms with E-state index in [0.29, 0.717) is 38.9 Å². The summed E-state index contributed by atoms with van der Waals surface area (Å²) in [6.45, 7) is 0. The number of carbonyl (C=O) groups is 2. The number of fused-ring (bicyclic) bond motifs is 2. The highest BCUT2D eigenvalue weighted by Gasteiger charge is 2.43. The van der Waals surface area contributed by atoms with Gasteiger partial charge in [-0.2, -0.15) is 5.10 Å². The van der Waals surface area contributed by atoms with Crippen molar-refractivity contribution in [2.75, 3.05) is 4.90 Å². The molecule has 160 valence electrons. The van der Waals surface area contributed by atoms with Gasteiger partial charge in [0.1, 0.15) is 11.5 Å². The summed E-state index contributed by atoms with van der Waals surface area (Å²) < 4.78 is 15.7. The molecule has 1 N–H and O–H groups in total. The summed E-state index contributed by atoms with van der Waals surface area (Å²) in [5.74, 6) is -1.42. The Morgan fingerprint density at radius 3 is 2.52 bits per heavy atom. The van der Waals surface area contributed by atoms with Crippen molar-refractivity contribution in [3.05, 3.63) is 90.1 Å². The summed E-state index contributed by atoms with van der Waals surface area (Å²) >= 11 is 0. The lowest BCUT2D eigenvalue weighted by atomic mass is 9.98. The quantitative estimate of drug-likeness (QED) is 0.431. The van der Waals surface area contributed by atoms with Crippen LogP contribution in [0.25, 0.3) is 33.1 Å². The van der Waals surface area contributed by atoms with Crippen LogP contribution in [-0.2, 0) is 16.6 Å². The number of pyridine rings is 1. The van der Waals surface area contributed by atoms with Crippen molar-refractivity contribution < 1.29 is 14.0 Å². The van der Waals surface area contributed by atoms with Crippen molar-refractivity contribution in [2.24, 2.45) is 7.05 Å². The number of imide groups is 1. The van der Waals surface area contributed by atoms with Crippen molar-refractivity contribution in [2.45, 2.75) is 0 Å². The Morgan fingerprint density at radius 2 is 1.70 bits per heavy atom. The number of benzene rings is 2. The van der Waals surface area contributed by atoms with E-state index < -0.39 is 17.6 Å². The molecule has 1 aliphatic heterocycles. The van der Waals surface area contributed by atoms with Crippen LogP contribution in [0, 0.1) is 5.82 Å².